The molecule has 1 atom stereocenters. The number of allylic oxidation sites excluding steroid dienone is 1. The molecule has 6 rings (SSSR count). The van der Waals surface area contributed by atoms with Crippen LogP contribution < -0.4 is 10.5 Å². The zero-order valence-corrected chi connectivity index (χ0v) is 25.0. The average molecular weight is 598 g/mol. The Bertz CT molecular complexity index is 2000. The van der Waals surface area contributed by atoms with Gasteiger partial charge in [-0.3, -0.25) is 9.51 Å². The number of ether oxygens (including phenoxy) is 1. The molecule has 1 aliphatic heterocycles. The topological polar surface area (TPSA) is 126 Å². The summed E-state index contributed by atoms with van der Waals surface area (Å²) in [6.07, 6.45) is -1.04. The van der Waals surface area contributed by atoms with E-state index in [-0.39, 0.29) is 12.4 Å². The van der Waals surface area contributed by atoms with E-state index in [2.05, 4.69) is 14.7 Å². The molecule has 2 N–H and O–H groups in total. The van der Waals surface area contributed by atoms with Crippen molar-refractivity contribution in [3.63, 3.8) is 0 Å². The molecule has 0 radical (unpaired) electrons. The third-order valence-electron chi connectivity index (χ3n) is 7.98. The number of halogens is 1. The molecule has 0 bridgehead atoms. The molecule has 226 valence electrons. The fourth-order valence-electron chi connectivity index (χ4n) is 6.05. The van der Waals surface area contributed by atoms with Crippen molar-refractivity contribution < 1.29 is 23.6 Å². The summed E-state index contributed by atoms with van der Waals surface area (Å²) in [4.78, 5) is 32.8. The molecule has 3 heterocycles. The molecular formula is C33H32FN5O5. The molecule has 44 heavy (non-hydrogen) atoms. The number of fused-ring (bicyclic) bond motifs is 3. The number of carboxylic acid groups (broad SMARTS) is 1. The number of rotatable bonds is 5. The highest BCUT2D eigenvalue weighted by molar-refractivity contribution is 5.99. The summed E-state index contributed by atoms with van der Waals surface area (Å²) in [5, 5.41) is 13.8. The van der Waals surface area contributed by atoms with Crippen LogP contribution in [0.5, 0.6) is 5.75 Å². The summed E-state index contributed by atoms with van der Waals surface area (Å²) in [6.45, 7) is 8.40. The average Bonchev–Trinajstić information content (AvgIpc) is 3.51. The van der Waals surface area contributed by atoms with E-state index < -0.39 is 29.1 Å². The number of aromatic nitrogens is 4. The second kappa shape index (κ2) is 10.8. The molecule has 1 amide bonds. The van der Waals surface area contributed by atoms with Gasteiger partial charge in [0.25, 0.3) is 0 Å². The van der Waals surface area contributed by atoms with Crippen molar-refractivity contribution in [3.05, 3.63) is 111 Å². The number of hydrogen-bond acceptors (Lipinski definition) is 6. The zero-order chi connectivity index (χ0) is 31.3. The third kappa shape index (κ3) is 5.14. The number of nitrogens with zero attached hydrogens (tertiary/aromatic N) is 4. The Labute approximate surface area is 252 Å². The highest BCUT2D eigenvalue weighted by Crippen LogP contribution is 2.42. The number of benzene rings is 3. The van der Waals surface area contributed by atoms with Gasteiger partial charge in [-0.05, 0) is 64.9 Å². The van der Waals surface area contributed by atoms with Crippen LogP contribution in [0.2, 0.25) is 0 Å². The van der Waals surface area contributed by atoms with Crippen LogP contribution in [0.4, 0.5) is 9.18 Å². The van der Waals surface area contributed by atoms with E-state index in [9.17, 15) is 19.1 Å². The van der Waals surface area contributed by atoms with Gasteiger partial charge in [0.1, 0.15) is 24.0 Å². The van der Waals surface area contributed by atoms with Crippen LogP contribution in [-0.4, -0.2) is 42.8 Å². The highest BCUT2D eigenvalue weighted by Gasteiger charge is 2.37. The predicted molar refractivity (Wildman–Crippen MR) is 163 cm³/mol. The highest BCUT2D eigenvalue weighted by atomic mass is 19.1. The molecule has 3 aromatic carbocycles. The minimum Gasteiger partial charge on any atom is -0.488 e. The number of H-pyrrole nitrogens is 1. The number of para-hydroxylation sites is 2. The van der Waals surface area contributed by atoms with Gasteiger partial charge in [-0.1, -0.05) is 50.2 Å². The maximum atomic E-state index is 14.3. The van der Waals surface area contributed by atoms with Crippen molar-refractivity contribution >= 4 is 28.3 Å². The summed E-state index contributed by atoms with van der Waals surface area (Å²) in [7, 11) is 1.57. The van der Waals surface area contributed by atoms with Crippen molar-refractivity contribution in [2.45, 2.75) is 46.9 Å². The van der Waals surface area contributed by atoms with Gasteiger partial charge in [0.2, 0.25) is 0 Å². The molecule has 0 fully saturated rings. The number of aromatic amines is 1. The Balaban J connectivity index is 1.50. The monoisotopic (exact) mass is 597 g/mol. The SMILES string of the molecule is CC(=C1c2ccc(Cn3c(C(N(C)C(=O)O)C(C)(C)C)nc4ccccc43)cc2COc2cc(F)ccc21)c1noc(=O)[nH]1. The quantitative estimate of drug-likeness (QED) is 0.238. The Morgan fingerprint density at radius 3 is 2.59 bits per heavy atom. The van der Waals surface area contributed by atoms with E-state index in [0.29, 0.717) is 29.3 Å². The molecule has 5 aromatic rings. The van der Waals surface area contributed by atoms with Crippen LogP contribution in [0.15, 0.2) is 70.0 Å². The van der Waals surface area contributed by atoms with Gasteiger partial charge < -0.3 is 19.3 Å². The molecule has 2 aromatic heterocycles. The van der Waals surface area contributed by atoms with Gasteiger partial charge in [0.05, 0.1) is 17.1 Å². The molecule has 1 aliphatic rings. The lowest BCUT2D eigenvalue weighted by Crippen LogP contribution is -2.39. The van der Waals surface area contributed by atoms with Crippen LogP contribution >= 0.6 is 0 Å². The summed E-state index contributed by atoms with van der Waals surface area (Å²) in [5.74, 6) is 0.175. The normalized spacial score (nSPS) is 14.8. The molecule has 10 nitrogen and oxygen atoms in total. The molecule has 0 saturated carbocycles. The number of imidazole rings is 1. The first-order valence-electron chi connectivity index (χ1n) is 14.2. The third-order valence-corrected chi connectivity index (χ3v) is 7.98. The van der Waals surface area contributed by atoms with Crippen LogP contribution in [0.25, 0.3) is 22.2 Å². The Morgan fingerprint density at radius 2 is 1.89 bits per heavy atom. The van der Waals surface area contributed by atoms with Crippen molar-refractivity contribution in [1.82, 2.24) is 24.6 Å². The van der Waals surface area contributed by atoms with E-state index in [0.717, 1.165) is 33.3 Å². The first-order valence-corrected chi connectivity index (χ1v) is 14.2. The van der Waals surface area contributed by atoms with E-state index in [1.165, 1.54) is 17.0 Å². The minimum atomic E-state index is -1.04. The zero-order valence-electron chi connectivity index (χ0n) is 25.0. The lowest BCUT2D eigenvalue weighted by molar-refractivity contribution is 0.0930. The summed E-state index contributed by atoms with van der Waals surface area (Å²) in [6, 6.07) is 17.6. The fraction of sp³-hybridized carbons (Fsp3) is 0.273. The second-order valence-electron chi connectivity index (χ2n) is 12.1. The number of hydrogen-bond donors (Lipinski definition) is 2. The van der Waals surface area contributed by atoms with Gasteiger partial charge >= 0.3 is 11.8 Å². The lowest BCUT2D eigenvalue weighted by Gasteiger charge is -2.36. The van der Waals surface area contributed by atoms with E-state index in [1.807, 2.05) is 70.2 Å². The van der Waals surface area contributed by atoms with Crippen LogP contribution in [0, 0.1) is 11.2 Å². The predicted octanol–water partition coefficient (Wildman–Crippen LogP) is 6.47. The Kier molecular flexibility index (Phi) is 7.11. The number of carbonyl (C=O) groups is 1. The Morgan fingerprint density at radius 1 is 1.14 bits per heavy atom. The molecule has 1 unspecified atom stereocenters. The minimum absolute atomic E-state index is 0.176. The summed E-state index contributed by atoms with van der Waals surface area (Å²) < 4.78 is 27.2. The van der Waals surface area contributed by atoms with Crippen molar-refractivity contribution in [2.24, 2.45) is 5.41 Å². The van der Waals surface area contributed by atoms with Gasteiger partial charge in [-0.15, -0.1) is 0 Å². The van der Waals surface area contributed by atoms with Crippen molar-refractivity contribution in [1.29, 1.82) is 0 Å². The Hall–Kier alpha value is -5.19. The van der Waals surface area contributed by atoms with E-state index >= 15 is 0 Å². The van der Waals surface area contributed by atoms with Gasteiger partial charge in [-0.2, -0.15) is 0 Å². The van der Waals surface area contributed by atoms with Gasteiger partial charge in [-0.25, -0.2) is 19.0 Å². The standard InChI is InChI=1S/C33H32FN5O5/c1-18(29-36-31(40)44-37-29)27-22-12-10-19(14-20(22)17-43-26-15-21(34)11-13-23(26)27)16-39-25-9-7-6-8-24(25)35-30(39)28(33(2,3)4)38(5)32(41)42/h6-15,28H,16-17H2,1-5H3,(H,41,42)(H,36,37,40). The van der Waals surface area contributed by atoms with Crippen LogP contribution in [0.1, 0.15) is 67.6 Å². The van der Waals surface area contributed by atoms with Gasteiger partial charge in [0.15, 0.2) is 5.82 Å². The van der Waals surface area contributed by atoms with Crippen LogP contribution in [0.3, 0.4) is 0 Å². The summed E-state index contributed by atoms with van der Waals surface area (Å²) >= 11 is 0. The van der Waals surface area contributed by atoms with Crippen LogP contribution in [-0.2, 0) is 13.2 Å². The van der Waals surface area contributed by atoms with E-state index in [4.69, 9.17) is 14.2 Å². The number of amides is 1. The first kappa shape index (κ1) is 28.9. The largest absolute Gasteiger partial charge is 0.488 e. The second-order valence-corrected chi connectivity index (χ2v) is 12.1. The van der Waals surface area contributed by atoms with Gasteiger partial charge in [0, 0.05) is 30.8 Å². The van der Waals surface area contributed by atoms with E-state index in [1.54, 1.807) is 13.1 Å². The molecule has 0 saturated heterocycles. The molecule has 11 heteroatoms. The summed E-state index contributed by atoms with van der Waals surface area (Å²) in [5.41, 5.74) is 5.86. The maximum Gasteiger partial charge on any atom is 0.439 e. The van der Waals surface area contributed by atoms with Crippen molar-refractivity contribution in [2.75, 3.05) is 7.05 Å². The fourth-order valence-corrected chi connectivity index (χ4v) is 6.05. The maximum absolute atomic E-state index is 14.3. The first-order chi connectivity index (χ1) is 20.9. The lowest BCUT2D eigenvalue weighted by atomic mass is 9.85. The number of nitrogens with one attached hydrogen (secondary N) is 1. The molecular weight excluding hydrogens is 565 g/mol. The molecule has 0 aliphatic carbocycles. The molecule has 0 spiro atoms. The smallest absolute Gasteiger partial charge is 0.439 e. The van der Waals surface area contributed by atoms with Crippen molar-refractivity contribution in [3.8, 4) is 5.75 Å².